The average Bonchev–Trinajstić information content (AvgIpc) is 2.70. The van der Waals surface area contributed by atoms with Crippen LogP contribution in [0.25, 0.3) is 0 Å². The molecule has 0 bridgehead atoms. The third-order valence-corrected chi connectivity index (χ3v) is 5.58. The number of aromatic nitrogens is 2. The molecule has 19 heavy (non-hydrogen) atoms. The van der Waals surface area contributed by atoms with Crippen LogP contribution < -0.4 is 0 Å². The maximum Gasteiger partial charge on any atom is 0.261 e. The Balaban J connectivity index is 2.15. The Kier molecular flexibility index (Phi) is 4.46. The van der Waals surface area contributed by atoms with E-state index in [9.17, 15) is 8.42 Å². The lowest BCUT2D eigenvalue weighted by atomic mass is 10.4. The second-order valence-corrected chi connectivity index (χ2v) is 6.65. The van der Waals surface area contributed by atoms with Gasteiger partial charge in [-0.15, -0.1) is 0 Å². The topological polar surface area (TPSA) is 78.7 Å². The molecule has 1 aromatic rings. The summed E-state index contributed by atoms with van der Waals surface area (Å²) in [5.74, 6) is 0. The minimum atomic E-state index is -3.61. The van der Waals surface area contributed by atoms with Gasteiger partial charge in [0, 0.05) is 39.8 Å². The number of piperazine rings is 1. The van der Waals surface area contributed by atoms with Crippen molar-refractivity contribution in [1.82, 2.24) is 19.0 Å². The monoisotopic (exact) mass is 308 g/mol. The van der Waals surface area contributed by atoms with E-state index in [1.807, 2.05) is 4.90 Å². The van der Waals surface area contributed by atoms with Crippen molar-refractivity contribution in [3.8, 4) is 0 Å². The smallest absolute Gasteiger partial charge is 0.261 e. The molecule has 9 heteroatoms. The Morgan fingerprint density at radius 1 is 1.37 bits per heavy atom. The lowest BCUT2D eigenvalue weighted by molar-refractivity contribution is 0.151. The number of aryl methyl sites for hydroxylation is 1. The fourth-order valence-electron chi connectivity index (χ4n) is 2.15. The van der Waals surface area contributed by atoms with E-state index in [-0.39, 0.29) is 16.7 Å². The fraction of sp³-hybridized carbons (Fsp3) is 0.700. The highest BCUT2D eigenvalue weighted by molar-refractivity contribution is 7.89. The van der Waals surface area contributed by atoms with Gasteiger partial charge in [-0.1, -0.05) is 11.6 Å². The van der Waals surface area contributed by atoms with Gasteiger partial charge in [0.2, 0.25) is 0 Å². The molecule has 0 unspecified atom stereocenters. The van der Waals surface area contributed by atoms with Crippen molar-refractivity contribution in [1.29, 1.82) is 0 Å². The van der Waals surface area contributed by atoms with E-state index >= 15 is 0 Å². The standard InChI is InChI=1S/C10H17ClN4O3S/c1-13-10(9(11)8-12-13)19(17,18)15-4-2-14(3-5-15)6-7-16/h8,16H,2-7H2,1H3. The molecule has 2 heterocycles. The third-order valence-electron chi connectivity index (χ3n) is 3.17. The minimum Gasteiger partial charge on any atom is -0.395 e. The number of hydrogen-bond acceptors (Lipinski definition) is 5. The van der Waals surface area contributed by atoms with E-state index in [1.165, 1.54) is 15.2 Å². The van der Waals surface area contributed by atoms with Crippen molar-refractivity contribution in [2.75, 3.05) is 39.3 Å². The summed E-state index contributed by atoms with van der Waals surface area (Å²) in [6, 6.07) is 0. The predicted molar refractivity (Wildman–Crippen MR) is 70.5 cm³/mol. The average molecular weight is 309 g/mol. The first kappa shape index (κ1) is 14.7. The Morgan fingerprint density at radius 3 is 2.47 bits per heavy atom. The first-order valence-electron chi connectivity index (χ1n) is 5.97. The minimum absolute atomic E-state index is 0.0322. The van der Waals surface area contributed by atoms with Crippen LogP contribution >= 0.6 is 11.6 Å². The van der Waals surface area contributed by atoms with Crippen molar-refractivity contribution in [2.24, 2.45) is 7.05 Å². The molecule has 1 aromatic heterocycles. The highest BCUT2D eigenvalue weighted by Crippen LogP contribution is 2.24. The molecule has 1 aliphatic rings. The molecule has 1 fully saturated rings. The van der Waals surface area contributed by atoms with E-state index in [4.69, 9.17) is 16.7 Å². The van der Waals surface area contributed by atoms with Gasteiger partial charge < -0.3 is 5.11 Å². The number of sulfonamides is 1. The highest BCUT2D eigenvalue weighted by Gasteiger charge is 2.32. The van der Waals surface area contributed by atoms with E-state index in [2.05, 4.69) is 5.10 Å². The fourth-order valence-corrected chi connectivity index (χ4v) is 4.17. The normalized spacial score (nSPS) is 18.9. The predicted octanol–water partition coefficient (Wildman–Crippen LogP) is -0.628. The molecule has 0 amide bonds. The molecule has 108 valence electrons. The number of hydrogen-bond donors (Lipinski definition) is 1. The Labute approximate surface area is 117 Å². The number of aliphatic hydroxyl groups is 1. The largest absolute Gasteiger partial charge is 0.395 e. The van der Waals surface area contributed by atoms with Crippen LogP contribution in [0.5, 0.6) is 0 Å². The zero-order valence-corrected chi connectivity index (χ0v) is 12.2. The van der Waals surface area contributed by atoms with Crippen LogP contribution in [0, 0.1) is 0 Å². The Morgan fingerprint density at radius 2 is 2.00 bits per heavy atom. The van der Waals surface area contributed by atoms with Gasteiger partial charge in [0.15, 0.2) is 5.03 Å². The van der Waals surface area contributed by atoms with Crippen molar-refractivity contribution in [2.45, 2.75) is 5.03 Å². The van der Waals surface area contributed by atoms with E-state index in [0.29, 0.717) is 32.7 Å². The number of β-amino-alcohol motifs (C(OH)–C–C–N with tert-alkyl or cyclic N) is 1. The van der Waals surface area contributed by atoms with Crippen LogP contribution in [-0.4, -0.2) is 71.8 Å². The van der Waals surface area contributed by atoms with Crippen LogP contribution in [0.4, 0.5) is 0 Å². The zero-order valence-electron chi connectivity index (χ0n) is 10.7. The van der Waals surface area contributed by atoms with Crippen LogP contribution in [-0.2, 0) is 17.1 Å². The van der Waals surface area contributed by atoms with Gasteiger partial charge >= 0.3 is 0 Å². The van der Waals surface area contributed by atoms with E-state index < -0.39 is 10.0 Å². The number of halogens is 1. The molecule has 7 nitrogen and oxygen atoms in total. The molecular formula is C10H17ClN4O3S. The van der Waals surface area contributed by atoms with Crippen molar-refractivity contribution >= 4 is 21.6 Å². The summed E-state index contributed by atoms with van der Waals surface area (Å²) in [6.07, 6.45) is 1.33. The summed E-state index contributed by atoms with van der Waals surface area (Å²) in [4.78, 5) is 2.02. The summed E-state index contributed by atoms with van der Waals surface area (Å²) >= 11 is 5.89. The van der Waals surface area contributed by atoms with Gasteiger partial charge in [0.25, 0.3) is 10.0 Å². The number of aliphatic hydroxyl groups excluding tert-OH is 1. The van der Waals surface area contributed by atoms with Gasteiger partial charge in [-0.2, -0.15) is 9.40 Å². The van der Waals surface area contributed by atoms with Crippen molar-refractivity contribution in [3.05, 3.63) is 11.2 Å². The van der Waals surface area contributed by atoms with Gasteiger partial charge in [-0.3, -0.25) is 9.58 Å². The molecule has 2 rings (SSSR count). The lowest BCUT2D eigenvalue weighted by Gasteiger charge is -2.33. The highest BCUT2D eigenvalue weighted by atomic mass is 35.5. The number of rotatable bonds is 4. The van der Waals surface area contributed by atoms with Crippen molar-refractivity contribution < 1.29 is 13.5 Å². The maximum atomic E-state index is 12.5. The van der Waals surface area contributed by atoms with Crippen LogP contribution in [0.3, 0.4) is 0 Å². The molecule has 0 aliphatic carbocycles. The summed E-state index contributed by atoms with van der Waals surface area (Å²) in [7, 11) is -2.05. The van der Waals surface area contributed by atoms with Crippen LogP contribution in [0.15, 0.2) is 11.2 Å². The Hall–Kier alpha value is -0.670. The molecule has 0 radical (unpaired) electrons. The Bertz CT molecular complexity index is 517. The van der Waals surface area contributed by atoms with Gasteiger partial charge in [-0.05, 0) is 0 Å². The molecular weight excluding hydrogens is 292 g/mol. The second-order valence-electron chi connectivity index (χ2n) is 4.39. The van der Waals surface area contributed by atoms with E-state index in [1.54, 1.807) is 7.05 Å². The van der Waals surface area contributed by atoms with Gasteiger partial charge in [-0.25, -0.2) is 8.42 Å². The zero-order chi connectivity index (χ0) is 14.0. The first-order valence-corrected chi connectivity index (χ1v) is 7.79. The number of nitrogens with zero attached hydrogens (tertiary/aromatic N) is 4. The molecule has 0 atom stereocenters. The molecule has 0 aromatic carbocycles. The van der Waals surface area contributed by atoms with Crippen LogP contribution in [0.1, 0.15) is 0 Å². The maximum absolute atomic E-state index is 12.5. The van der Waals surface area contributed by atoms with Gasteiger partial charge in [0.1, 0.15) is 0 Å². The summed E-state index contributed by atoms with van der Waals surface area (Å²) in [5, 5.41) is 12.9. The first-order chi connectivity index (χ1) is 8.96. The molecule has 1 aliphatic heterocycles. The molecule has 0 saturated carbocycles. The SMILES string of the molecule is Cn1ncc(Cl)c1S(=O)(=O)N1CCN(CCO)CC1. The summed E-state index contributed by atoms with van der Waals surface area (Å²) in [5.41, 5.74) is 0. The molecule has 1 N–H and O–H groups in total. The summed E-state index contributed by atoms with van der Waals surface area (Å²) in [6.45, 7) is 2.65. The third kappa shape index (κ3) is 2.92. The van der Waals surface area contributed by atoms with Crippen LogP contribution in [0.2, 0.25) is 5.02 Å². The van der Waals surface area contributed by atoms with Gasteiger partial charge in [0.05, 0.1) is 17.8 Å². The lowest BCUT2D eigenvalue weighted by Crippen LogP contribution is -2.49. The van der Waals surface area contributed by atoms with E-state index in [0.717, 1.165) is 0 Å². The molecule has 1 saturated heterocycles. The second kappa shape index (κ2) is 5.76. The van der Waals surface area contributed by atoms with Crippen molar-refractivity contribution in [3.63, 3.8) is 0 Å². The molecule has 0 spiro atoms. The quantitative estimate of drug-likeness (QED) is 0.801. The summed E-state index contributed by atoms with van der Waals surface area (Å²) < 4.78 is 27.6.